The van der Waals surface area contributed by atoms with E-state index in [9.17, 15) is 74.6 Å². The summed E-state index contributed by atoms with van der Waals surface area (Å²) >= 11 is 0. The highest BCUT2D eigenvalue weighted by Gasteiger charge is 2.95. The summed E-state index contributed by atoms with van der Waals surface area (Å²) in [4.78, 5) is 0. The van der Waals surface area contributed by atoms with Crippen molar-refractivity contribution in [2.24, 2.45) is 0 Å². The SMILES string of the molecule is C[N+]1(CCCC(F)(F)C(F)(F)C(F)(F)C(F)(F)C(F)(F)C(F)(F)C(F)(F)C(F)(F)F)CCCC1. The first-order valence-corrected chi connectivity index (χ1v) is 9.21. The molecule has 1 heterocycles. The Morgan fingerprint density at radius 2 is 0.824 bits per heavy atom. The van der Waals surface area contributed by atoms with Crippen molar-refractivity contribution >= 4 is 0 Å². The molecule has 1 rings (SSSR count). The second-order valence-electron chi connectivity index (χ2n) is 8.25. The summed E-state index contributed by atoms with van der Waals surface area (Å²) < 4.78 is 224. The van der Waals surface area contributed by atoms with Crippen LogP contribution in [0.3, 0.4) is 0 Å². The van der Waals surface area contributed by atoms with Crippen molar-refractivity contribution in [1.82, 2.24) is 0 Å². The number of nitrogens with zero attached hydrogens (tertiary/aromatic N) is 1. The lowest BCUT2D eigenvalue weighted by Gasteiger charge is -2.43. The summed E-state index contributed by atoms with van der Waals surface area (Å²) in [6.45, 7) is 0.287. The fourth-order valence-corrected chi connectivity index (χ4v) is 3.36. The second-order valence-corrected chi connectivity index (χ2v) is 8.25. The summed E-state index contributed by atoms with van der Waals surface area (Å²) in [6, 6.07) is 0. The van der Waals surface area contributed by atoms with E-state index in [1.165, 1.54) is 7.05 Å². The Kier molecular flexibility index (Phi) is 7.63. The van der Waals surface area contributed by atoms with Crippen molar-refractivity contribution in [3.63, 3.8) is 0 Å². The summed E-state index contributed by atoms with van der Waals surface area (Å²) in [5.74, 6) is -55.7. The van der Waals surface area contributed by atoms with Gasteiger partial charge in [0.05, 0.1) is 26.7 Å². The normalized spacial score (nSPS) is 19.6. The molecular formula is C16H17F17N+. The number of halogens is 17. The van der Waals surface area contributed by atoms with Crippen LogP contribution < -0.4 is 0 Å². The van der Waals surface area contributed by atoms with Gasteiger partial charge in [-0.15, -0.1) is 0 Å². The van der Waals surface area contributed by atoms with Gasteiger partial charge in [-0.25, -0.2) is 0 Å². The molecule has 204 valence electrons. The van der Waals surface area contributed by atoms with Gasteiger partial charge in [0.15, 0.2) is 0 Å². The Labute approximate surface area is 180 Å². The largest absolute Gasteiger partial charge is 0.460 e. The van der Waals surface area contributed by atoms with Crippen LogP contribution in [0.4, 0.5) is 74.6 Å². The highest BCUT2D eigenvalue weighted by molar-refractivity contribution is 5.15. The van der Waals surface area contributed by atoms with Gasteiger partial charge in [-0.1, -0.05) is 0 Å². The molecule has 0 aliphatic carbocycles. The lowest BCUT2D eigenvalue weighted by molar-refractivity contribution is -0.898. The molecule has 1 fully saturated rings. The minimum absolute atomic E-state index is 0.0228. The van der Waals surface area contributed by atoms with Crippen LogP contribution in [0.2, 0.25) is 0 Å². The Hall–Kier alpha value is -1.23. The third-order valence-electron chi connectivity index (χ3n) is 5.62. The fourth-order valence-electron chi connectivity index (χ4n) is 3.36. The first-order chi connectivity index (χ1) is 14.7. The van der Waals surface area contributed by atoms with E-state index in [0.29, 0.717) is 25.9 Å². The Bertz CT molecular complexity index is 718. The third kappa shape index (κ3) is 4.40. The lowest BCUT2D eigenvalue weighted by Crippen LogP contribution is -2.74. The van der Waals surface area contributed by atoms with E-state index in [0.717, 1.165) is 0 Å². The molecule has 34 heavy (non-hydrogen) atoms. The van der Waals surface area contributed by atoms with Gasteiger partial charge < -0.3 is 4.48 Å². The predicted octanol–water partition coefficient (Wildman–Crippen LogP) is 7.02. The van der Waals surface area contributed by atoms with Crippen LogP contribution >= 0.6 is 0 Å². The number of hydrogen-bond donors (Lipinski definition) is 0. The van der Waals surface area contributed by atoms with E-state index >= 15 is 0 Å². The summed E-state index contributed by atoms with van der Waals surface area (Å²) in [7, 11) is 1.44. The summed E-state index contributed by atoms with van der Waals surface area (Å²) in [6.07, 6.45) is -10.0. The topological polar surface area (TPSA) is 0 Å². The highest BCUT2D eigenvalue weighted by Crippen LogP contribution is 2.64. The minimum atomic E-state index is -8.57. The second kappa shape index (κ2) is 8.42. The number of hydrogen-bond acceptors (Lipinski definition) is 0. The van der Waals surface area contributed by atoms with Gasteiger partial charge in [0.2, 0.25) is 0 Å². The quantitative estimate of drug-likeness (QED) is 0.204. The molecule has 0 bridgehead atoms. The zero-order valence-electron chi connectivity index (χ0n) is 16.8. The van der Waals surface area contributed by atoms with Crippen molar-refractivity contribution in [2.75, 3.05) is 26.7 Å². The molecule has 1 saturated heterocycles. The van der Waals surface area contributed by atoms with Crippen LogP contribution in [0.15, 0.2) is 0 Å². The van der Waals surface area contributed by atoms with Crippen molar-refractivity contribution in [2.45, 2.75) is 73.3 Å². The van der Waals surface area contributed by atoms with Crippen LogP contribution in [0, 0.1) is 0 Å². The first-order valence-electron chi connectivity index (χ1n) is 9.21. The van der Waals surface area contributed by atoms with Gasteiger partial charge >= 0.3 is 47.6 Å². The van der Waals surface area contributed by atoms with Crippen LogP contribution in [0.25, 0.3) is 0 Å². The van der Waals surface area contributed by atoms with Crippen molar-refractivity contribution in [3.8, 4) is 0 Å². The van der Waals surface area contributed by atoms with Gasteiger partial charge in [-0.3, -0.25) is 0 Å². The summed E-state index contributed by atoms with van der Waals surface area (Å²) in [5.41, 5.74) is 0. The van der Waals surface area contributed by atoms with E-state index < -0.39 is 60.5 Å². The van der Waals surface area contributed by atoms with Gasteiger partial charge in [0, 0.05) is 25.7 Å². The van der Waals surface area contributed by atoms with E-state index in [1.54, 1.807) is 0 Å². The first kappa shape index (κ1) is 30.8. The third-order valence-corrected chi connectivity index (χ3v) is 5.62. The zero-order chi connectivity index (χ0) is 27.4. The fraction of sp³-hybridized carbons (Fsp3) is 1.00. The van der Waals surface area contributed by atoms with Gasteiger partial charge in [0.1, 0.15) is 0 Å². The molecule has 0 aromatic carbocycles. The number of rotatable bonds is 10. The Morgan fingerprint density at radius 3 is 1.18 bits per heavy atom. The number of likely N-dealkylation sites (tertiary alicyclic amines) is 1. The molecular weight excluding hydrogens is 529 g/mol. The average Bonchev–Trinajstić information content (AvgIpc) is 3.06. The molecule has 0 unspecified atom stereocenters. The van der Waals surface area contributed by atoms with Crippen molar-refractivity contribution < 1.29 is 79.1 Å². The maximum atomic E-state index is 13.8. The molecule has 0 atom stereocenters. The monoisotopic (exact) mass is 546 g/mol. The molecule has 0 saturated carbocycles. The van der Waals surface area contributed by atoms with Gasteiger partial charge in [-0.05, 0) is 0 Å². The van der Waals surface area contributed by atoms with E-state index in [-0.39, 0.29) is 11.0 Å². The van der Waals surface area contributed by atoms with Crippen molar-refractivity contribution in [1.29, 1.82) is 0 Å². The molecule has 1 aliphatic rings. The van der Waals surface area contributed by atoms with Crippen molar-refractivity contribution in [3.05, 3.63) is 0 Å². The van der Waals surface area contributed by atoms with Gasteiger partial charge in [0.25, 0.3) is 0 Å². The lowest BCUT2D eigenvalue weighted by atomic mass is 9.88. The van der Waals surface area contributed by atoms with E-state index in [1.807, 2.05) is 0 Å². The number of quaternary nitrogens is 1. The minimum Gasteiger partial charge on any atom is -0.326 e. The van der Waals surface area contributed by atoms with Crippen LogP contribution in [0.1, 0.15) is 25.7 Å². The maximum Gasteiger partial charge on any atom is 0.460 e. The average molecular weight is 546 g/mol. The predicted molar refractivity (Wildman–Crippen MR) is 79.9 cm³/mol. The summed E-state index contributed by atoms with van der Waals surface area (Å²) in [5, 5.41) is 0. The Balaban J connectivity index is 3.33. The molecule has 0 radical (unpaired) electrons. The maximum absolute atomic E-state index is 13.8. The molecule has 0 amide bonds. The van der Waals surface area contributed by atoms with Crippen LogP contribution in [-0.2, 0) is 0 Å². The molecule has 0 aromatic rings. The molecule has 0 spiro atoms. The zero-order valence-corrected chi connectivity index (χ0v) is 16.8. The van der Waals surface area contributed by atoms with Crippen LogP contribution in [-0.4, -0.2) is 78.8 Å². The number of alkyl halides is 17. The van der Waals surface area contributed by atoms with E-state index in [4.69, 9.17) is 0 Å². The molecule has 1 aliphatic heterocycles. The highest BCUT2D eigenvalue weighted by atomic mass is 19.4. The van der Waals surface area contributed by atoms with Gasteiger partial charge in [-0.2, -0.15) is 74.6 Å². The molecule has 0 aromatic heterocycles. The smallest absolute Gasteiger partial charge is 0.326 e. The Morgan fingerprint density at radius 1 is 0.500 bits per heavy atom. The molecule has 18 heteroatoms. The van der Waals surface area contributed by atoms with Crippen LogP contribution in [0.5, 0.6) is 0 Å². The van der Waals surface area contributed by atoms with E-state index in [2.05, 4.69) is 0 Å². The molecule has 0 N–H and O–H groups in total. The molecule has 1 nitrogen and oxygen atoms in total. The standard InChI is InChI=1S/C16H17F17N/c1-34(6-2-3-7-34)8-4-5-9(17,18)10(19,20)11(21,22)12(23,24)13(25,26)14(27,28)15(29,30)16(31,32)33/h2-8H2,1H3/q+1.